The SMILES string of the molecule is O=C(Nc1c(-c2cc(F)ccc2F)ncnc1C1CCC(F)(F)CO1)c1cc(OCC(F)(F)F)no1. The molecule has 36 heavy (non-hydrogen) atoms. The van der Waals surface area contributed by atoms with Gasteiger partial charge in [-0.25, -0.2) is 27.5 Å². The zero-order valence-electron chi connectivity index (χ0n) is 17.9. The highest BCUT2D eigenvalue weighted by atomic mass is 19.4. The summed E-state index contributed by atoms with van der Waals surface area (Å²) in [7, 11) is 0. The predicted molar refractivity (Wildman–Crippen MR) is 106 cm³/mol. The highest BCUT2D eigenvalue weighted by Crippen LogP contribution is 2.40. The van der Waals surface area contributed by atoms with Crippen molar-refractivity contribution in [3.8, 4) is 17.1 Å². The molecule has 15 heteroatoms. The second-order valence-corrected chi connectivity index (χ2v) is 7.69. The van der Waals surface area contributed by atoms with Crippen molar-refractivity contribution in [2.45, 2.75) is 31.0 Å². The number of benzene rings is 1. The van der Waals surface area contributed by atoms with Crippen molar-refractivity contribution in [1.82, 2.24) is 15.1 Å². The first-order chi connectivity index (χ1) is 16.9. The summed E-state index contributed by atoms with van der Waals surface area (Å²) < 4.78 is 107. The number of ether oxygens (including phenoxy) is 2. The summed E-state index contributed by atoms with van der Waals surface area (Å²) >= 11 is 0. The minimum Gasteiger partial charge on any atom is -0.466 e. The minimum atomic E-state index is -4.67. The van der Waals surface area contributed by atoms with Crippen LogP contribution in [-0.4, -0.2) is 46.3 Å². The molecule has 1 N–H and O–H groups in total. The van der Waals surface area contributed by atoms with Gasteiger partial charge in [-0.15, -0.1) is 0 Å². The molecule has 3 aromatic rings. The summed E-state index contributed by atoms with van der Waals surface area (Å²) in [4.78, 5) is 20.7. The summed E-state index contributed by atoms with van der Waals surface area (Å²) in [5, 5.41) is 5.52. The van der Waals surface area contributed by atoms with Gasteiger partial charge in [-0.2, -0.15) is 13.2 Å². The third-order valence-electron chi connectivity index (χ3n) is 4.97. The van der Waals surface area contributed by atoms with E-state index in [2.05, 4.69) is 25.2 Å². The summed E-state index contributed by atoms with van der Waals surface area (Å²) in [6.45, 7) is -2.63. The number of alkyl halides is 5. The molecule has 1 atom stereocenters. The smallest absolute Gasteiger partial charge is 0.422 e. The fourth-order valence-corrected chi connectivity index (χ4v) is 3.35. The molecular formula is C21H15F7N4O4. The Morgan fingerprint density at radius 3 is 2.67 bits per heavy atom. The van der Waals surface area contributed by atoms with Crippen molar-refractivity contribution in [1.29, 1.82) is 0 Å². The zero-order valence-corrected chi connectivity index (χ0v) is 17.9. The van der Waals surface area contributed by atoms with E-state index in [4.69, 9.17) is 9.26 Å². The van der Waals surface area contributed by atoms with Crippen LogP contribution in [0.5, 0.6) is 5.88 Å². The van der Waals surface area contributed by atoms with Crippen LogP contribution < -0.4 is 10.1 Å². The highest BCUT2D eigenvalue weighted by Gasteiger charge is 2.38. The summed E-state index contributed by atoms with van der Waals surface area (Å²) in [5.41, 5.74) is -1.11. The van der Waals surface area contributed by atoms with Gasteiger partial charge >= 0.3 is 6.18 Å². The van der Waals surface area contributed by atoms with Gasteiger partial charge in [-0.05, 0) is 29.8 Å². The molecule has 1 unspecified atom stereocenters. The molecule has 1 fully saturated rings. The van der Waals surface area contributed by atoms with E-state index in [9.17, 15) is 35.5 Å². The van der Waals surface area contributed by atoms with E-state index >= 15 is 0 Å². The average molecular weight is 520 g/mol. The van der Waals surface area contributed by atoms with Crippen molar-refractivity contribution in [3.05, 3.63) is 53.7 Å². The Labute approximate surface area is 197 Å². The number of hydrogen-bond donors (Lipinski definition) is 1. The third-order valence-corrected chi connectivity index (χ3v) is 4.97. The fourth-order valence-electron chi connectivity index (χ4n) is 3.35. The maximum absolute atomic E-state index is 14.5. The van der Waals surface area contributed by atoms with Gasteiger partial charge in [0, 0.05) is 12.0 Å². The minimum absolute atomic E-state index is 0.111. The monoisotopic (exact) mass is 520 g/mol. The molecule has 1 amide bonds. The summed E-state index contributed by atoms with van der Waals surface area (Å²) in [6, 6.07) is 3.23. The van der Waals surface area contributed by atoms with Gasteiger partial charge in [0.25, 0.3) is 17.7 Å². The number of anilines is 1. The molecule has 1 aliphatic heterocycles. The van der Waals surface area contributed by atoms with Crippen molar-refractivity contribution in [3.63, 3.8) is 0 Å². The first-order valence-electron chi connectivity index (χ1n) is 10.2. The molecule has 0 aliphatic carbocycles. The molecule has 3 heterocycles. The standard InChI is InChI=1S/C21H15F7N4O4/c22-10-1-2-12(23)11(5-10)16-18(17(30-9-29-16)13-3-4-20(24,25)7-34-13)31-19(33)14-6-15(32-36-14)35-8-21(26,27)28/h1-2,5-6,9,13H,3-4,7-8H2,(H,31,33). The van der Waals surface area contributed by atoms with E-state index in [0.29, 0.717) is 0 Å². The molecule has 2 aromatic heterocycles. The lowest BCUT2D eigenvalue weighted by Crippen LogP contribution is -2.31. The Bertz CT molecular complexity index is 1260. The Morgan fingerprint density at radius 2 is 1.97 bits per heavy atom. The normalized spacial score (nSPS) is 17.6. The number of carbonyl (C=O) groups excluding carboxylic acids is 1. The number of rotatable bonds is 6. The van der Waals surface area contributed by atoms with Crippen molar-refractivity contribution in [2.24, 2.45) is 0 Å². The first-order valence-corrected chi connectivity index (χ1v) is 10.2. The van der Waals surface area contributed by atoms with Crippen molar-refractivity contribution in [2.75, 3.05) is 18.5 Å². The van der Waals surface area contributed by atoms with Crippen molar-refractivity contribution >= 4 is 11.6 Å². The van der Waals surface area contributed by atoms with E-state index in [1.807, 2.05) is 0 Å². The molecule has 1 saturated heterocycles. The molecule has 1 aliphatic rings. The highest BCUT2D eigenvalue weighted by molar-refractivity contribution is 6.04. The molecule has 0 spiro atoms. The van der Waals surface area contributed by atoms with Crippen LogP contribution in [0.15, 0.2) is 35.1 Å². The second-order valence-electron chi connectivity index (χ2n) is 7.69. The lowest BCUT2D eigenvalue weighted by Gasteiger charge is -2.29. The molecule has 0 saturated carbocycles. The van der Waals surface area contributed by atoms with Crippen LogP contribution in [0, 0.1) is 11.6 Å². The van der Waals surface area contributed by atoms with E-state index in [1.165, 1.54) is 0 Å². The Hall–Kier alpha value is -3.75. The van der Waals surface area contributed by atoms with Gasteiger partial charge < -0.3 is 19.3 Å². The molecule has 1 aromatic carbocycles. The second kappa shape index (κ2) is 9.72. The zero-order chi connectivity index (χ0) is 26.1. The lowest BCUT2D eigenvalue weighted by molar-refractivity contribution is -0.154. The molecular weight excluding hydrogens is 505 g/mol. The predicted octanol–water partition coefficient (Wildman–Crippen LogP) is 5.09. The first kappa shape index (κ1) is 25.3. The number of carbonyl (C=O) groups is 1. The van der Waals surface area contributed by atoms with E-state index in [0.717, 1.165) is 30.6 Å². The maximum atomic E-state index is 14.5. The van der Waals surface area contributed by atoms with Crippen LogP contribution in [0.25, 0.3) is 11.3 Å². The lowest BCUT2D eigenvalue weighted by atomic mass is 10.00. The van der Waals surface area contributed by atoms with Crippen LogP contribution in [0.4, 0.5) is 36.4 Å². The summed E-state index contributed by atoms with van der Waals surface area (Å²) in [5.74, 6) is -7.19. The van der Waals surface area contributed by atoms with Crippen LogP contribution in [0.3, 0.4) is 0 Å². The van der Waals surface area contributed by atoms with E-state index in [-0.39, 0.29) is 29.1 Å². The molecule has 4 rings (SSSR count). The van der Waals surface area contributed by atoms with Gasteiger partial charge in [0.15, 0.2) is 6.61 Å². The Morgan fingerprint density at radius 1 is 1.19 bits per heavy atom. The summed E-state index contributed by atoms with van der Waals surface area (Å²) in [6.07, 6.45) is -5.58. The number of nitrogens with one attached hydrogen (secondary N) is 1. The van der Waals surface area contributed by atoms with Crippen LogP contribution in [0.1, 0.15) is 35.2 Å². The number of halogens is 7. The van der Waals surface area contributed by atoms with Gasteiger partial charge in [-0.1, -0.05) is 0 Å². The third kappa shape index (κ3) is 5.90. The number of amides is 1. The van der Waals surface area contributed by atoms with Gasteiger partial charge in [0.05, 0.1) is 17.4 Å². The number of aromatic nitrogens is 3. The van der Waals surface area contributed by atoms with Crippen LogP contribution >= 0.6 is 0 Å². The van der Waals surface area contributed by atoms with E-state index < -0.39 is 67.0 Å². The average Bonchev–Trinajstić information content (AvgIpc) is 3.29. The molecule has 0 radical (unpaired) electrons. The Kier molecular flexibility index (Phi) is 6.84. The van der Waals surface area contributed by atoms with Gasteiger partial charge in [-0.3, -0.25) is 4.79 Å². The van der Waals surface area contributed by atoms with Gasteiger partial charge in [0.2, 0.25) is 5.76 Å². The number of hydrogen-bond acceptors (Lipinski definition) is 7. The fraction of sp³-hybridized carbons (Fsp3) is 0.333. The van der Waals surface area contributed by atoms with Crippen molar-refractivity contribution < 1.29 is 49.5 Å². The van der Waals surface area contributed by atoms with Crippen LogP contribution in [0.2, 0.25) is 0 Å². The van der Waals surface area contributed by atoms with Crippen LogP contribution in [-0.2, 0) is 4.74 Å². The number of nitrogens with zero attached hydrogens (tertiary/aromatic N) is 3. The van der Waals surface area contributed by atoms with E-state index in [1.54, 1.807) is 0 Å². The topological polar surface area (TPSA) is 99.4 Å². The molecule has 192 valence electrons. The van der Waals surface area contributed by atoms with Gasteiger partial charge in [0.1, 0.15) is 36.4 Å². The molecule has 0 bridgehead atoms. The Balaban J connectivity index is 1.69. The maximum Gasteiger partial charge on any atom is 0.422 e. The molecule has 8 nitrogen and oxygen atoms in total. The largest absolute Gasteiger partial charge is 0.466 e. The quantitative estimate of drug-likeness (QED) is 0.452.